The second-order valence-electron chi connectivity index (χ2n) is 4.39. The second kappa shape index (κ2) is 7.14. The van der Waals surface area contributed by atoms with Crippen molar-refractivity contribution in [3.63, 3.8) is 0 Å². The van der Waals surface area contributed by atoms with Crippen LogP contribution in [0.3, 0.4) is 0 Å². The van der Waals surface area contributed by atoms with E-state index in [0.29, 0.717) is 6.54 Å². The standard InChI is InChI=1S/C14H14BrN3O3/c1-16-6-10-2-3-13(18(19)20)14(5-10)21-9-11-4-12(15)8-17-7-11/h2-5,7-8,16H,6,9H2,1H3. The highest BCUT2D eigenvalue weighted by atomic mass is 79.9. The summed E-state index contributed by atoms with van der Waals surface area (Å²) in [7, 11) is 1.81. The smallest absolute Gasteiger partial charge is 0.310 e. The first-order valence-corrected chi connectivity index (χ1v) is 7.03. The molecule has 0 bridgehead atoms. The predicted molar refractivity (Wildman–Crippen MR) is 82.1 cm³/mol. The van der Waals surface area contributed by atoms with Crippen molar-refractivity contribution in [2.75, 3.05) is 7.05 Å². The monoisotopic (exact) mass is 351 g/mol. The Morgan fingerprint density at radius 1 is 1.33 bits per heavy atom. The topological polar surface area (TPSA) is 77.3 Å². The van der Waals surface area contributed by atoms with Crippen LogP contribution in [0.15, 0.2) is 41.1 Å². The minimum Gasteiger partial charge on any atom is -0.482 e. The number of hydrogen-bond donors (Lipinski definition) is 1. The number of nitrogens with one attached hydrogen (secondary N) is 1. The van der Waals surface area contributed by atoms with Crippen LogP contribution in [0, 0.1) is 10.1 Å². The quantitative estimate of drug-likeness (QED) is 0.639. The lowest BCUT2D eigenvalue weighted by atomic mass is 10.2. The SMILES string of the molecule is CNCc1ccc([N+](=O)[O-])c(OCc2cncc(Br)c2)c1. The lowest BCUT2D eigenvalue weighted by Gasteiger charge is -2.09. The molecule has 110 valence electrons. The van der Waals surface area contributed by atoms with Crippen molar-refractivity contribution in [3.8, 4) is 5.75 Å². The average Bonchev–Trinajstić information content (AvgIpc) is 2.45. The Morgan fingerprint density at radius 2 is 2.14 bits per heavy atom. The first kappa shape index (κ1) is 15.4. The average molecular weight is 352 g/mol. The maximum Gasteiger partial charge on any atom is 0.310 e. The summed E-state index contributed by atoms with van der Waals surface area (Å²) >= 11 is 3.32. The molecule has 0 fully saturated rings. The number of ether oxygens (including phenoxy) is 1. The van der Waals surface area contributed by atoms with Gasteiger partial charge in [-0.2, -0.15) is 0 Å². The Balaban J connectivity index is 2.20. The minimum atomic E-state index is -0.447. The predicted octanol–water partition coefficient (Wildman–Crippen LogP) is 3.05. The van der Waals surface area contributed by atoms with Crippen molar-refractivity contribution in [3.05, 3.63) is 62.4 Å². The van der Waals surface area contributed by atoms with Gasteiger partial charge in [0.2, 0.25) is 0 Å². The maximum absolute atomic E-state index is 11.0. The van der Waals surface area contributed by atoms with Crippen LogP contribution in [0.2, 0.25) is 0 Å². The fraction of sp³-hybridized carbons (Fsp3) is 0.214. The van der Waals surface area contributed by atoms with Crippen LogP contribution >= 0.6 is 15.9 Å². The zero-order valence-corrected chi connectivity index (χ0v) is 13.0. The molecule has 21 heavy (non-hydrogen) atoms. The molecule has 0 saturated carbocycles. The molecule has 1 N–H and O–H groups in total. The second-order valence-corrected chi connectivity index (χ2v) is 5.31. The summed E-state index contributed by atoms with van der Waals surface area (Å²) in [5.74, 6) is 0.257. The summed E-state index contributed by atoms with van der Waals surface area (Å²) in [6.07, 6.45) is 3.33. The summed E-state index contributed by atoms with van der Waals surface area (Å²) in [6.45, 7) is 0.836. The number of hydrogen-bond acceptors (Lipinski definition) is 5. The molecule has 0 radical (unpaired) electrons. The van der Waals surface area contributed by atoms with E-state index in [-0.39, 0.29) is 18.0 Å². The van der Waals surface area contributed by atoms with E-state index >= 15 is 0 Å². The van der Waals surface area contributed by atoms with Gasteiger partial charge in [-0.25, -0.2) is 0 Å². The summed E-state index contributed by atoms with van der Waals surface area (Å²) in [4.78, 5) is 14.6. The fourth-order valence-electron chi connectivity index (χ4n) is 1.83. The number of rotatable bonds is 6. The summed E-state index contributed by atoms with van der Waals surface area (Å²) < 4.78 is 6.43. The molecule has 2 aromatic rings. The lowest BCUT2D eigenvalue weighted by molar-refractivity contribution is -0.386. The van der Waals surface area contributed by atoms with E-state index in [0.717, 1.165) is 15.6 Å². The lowest BCUT2D eigenvalue weighted by Crippen LogP contribution is -2.06. The molecule has 1 aromatic carbocycles. The largest absolute Gasteiger partial charge is 0.482 e. The van der Waals surface area contributed by atoms with Gasteiger partial charge in [-0.05, 0) is 40.7 Å². The van der Waals surface area contributed by atoms with Gasteiger partial charge in [0.25, 0.3) is 0 Å². The van der Waals surface area contributed by atoms with Crippen molar-refractivity contribution in [2.24, 2.45) is 0 Å². The third-order valence-electron chi connectivity index (χ3n) is 2.76. The van der Waals surface area contributed by atoms with E-state index in [1.165, 1.54) is 6.07 Å². The van der Waals surface area contributed by atoms with E-state index < -0.39 is 4.92 Å². The molecule has 0 spiro atoms. The molecule has 1 heterocycles. The number of aromatic nitrogens is 1. The normalized spacial score (nSPS) is 10.4. The van der Waals surface area contributed by atoms with Crippen LogP contribution in [0.1, 0.15) is 11.1 Å². The minimum absolute atomic E-state index is 0.0437. The van der Waals surface area contributed by atoms with Gasteiger partial charge >= 0.3 is 5.69 Å². The Morgan fingerprint density at radius 3 is 2.81 bits per heavy atom. The van der Waals surface area contributed by atoms with Crippen LogP contribution in [-0.2, 0) is 13.2 Å². The maximum atomic E-state index is 11.0. The number of pyridine rings is 1. The molecule has 0 unspecified atom stereocenters. The zero-order chi connectivity index (χ0) is 15.2. The molecule has 2 rings (SSSR count). The molecule has 1 aromatic heterocycles. The molecule has 0 aliphatic carbocycles. The number of benzene rings is 1. The summed E-state index contributed by atoms with van der Waals surface area (Å²) in [6, 6.07) is 6.71. The van der Waals surface area contributed by atoms with Crippen molar-refractivity contribution < 1.29 is 9.66 Å². The van der Waals surface area contributed by atoms with Gasteiger partial charge < -0.3 is 10.1 Å². The van der Waals surface area contributed by atoms with Gasteiger partial charge in [0.1, 0.15) is 6.61 Å². The van der Waals surface area contributed by atoms with E-state index in [1.807, 2.05) is 13.1 Å². The Bertz CT molecular complexity index is 649. The van der Waals surface area contributed by atoms with Gasteiger partial charge in [-0.3, -0.25) is 15.1 Å². The van der Waals surface area contributed by atoms with Gasteiger partial charge in [0, 0.05) is 35.0 Å². The highest BCUT2D eigenvalue weighted by Crippen LogP contribution is 2.28. The van der Waals surface area contributed by atoms with Crippen molar-refractivity contribution in [1.29, 1.82) is 0 Å². The zero-order valence-electron chi connectivity index (χ0n) is 11.4. The number of nitro groups is 1. The molecule has 6 nitrogen and oxygen atoms in total. The van der Waals surface area contributed by atoms with E-state index in [4.69, 9.17) is 4.74 Å². The van der Waals surface area contributed by atoms with Gasteiger partial charge in [-0.15, -0.1) is 0 Å². The first-order chi connectivity index (χ1) is 10.1. The van der Waals surface area contributed by atoms with E-state index in [2.05, 4.69) is 26.2 Å². The van der Waals surface area contributed by atoms with Gasteiger partial charge in [0.05, 0.1) is 4.92 Å². The number of halogens is 1. The summed E-state index contributed by atoms with van der Waals surface area (Å²) in [5.41, 5.74) is 1.71. The first-order valence-electron chi connectivity index (χ1n) is 6.24. The molecular weight excluding hydrogens is 338 g/mol. The molecule has 0 saturated heterocycles. The van der Waals surface area contributed by atoms with Crippen molar-refractivity contribution in [1.82, 2.24) is 10.3 Å². The van der Waals surface area contributed by atoms with Crippen molar-refractivity contribution in [2.45, 2.75) is 13.2 Å². The highest BCUT2D eigenvalue weighted by molar-refractivity contribution is 9.10. The fourth-order valence-corrected chi connectivity index (χ4v) is 2.25. The third-order valence-corrected chi connectivity index (χ3v) is 3.19. The van der Waals surface area contributed by atoms with Crippen LogP contribution in [0.5, 0.6) is 5.75 Å². The summed E-state index contributed by atoms with van der Waals surface area (Å²) in [5, 5.41) is 14.0. The van der Waals surface area contributed by atoms with Crippen LogP contribution in [0.4, 0.5) is 5.69 Å². The third kappa shape index (κ3) is 4.24. The Kier molecular flexibility index (Phi) is 5.24. The molecule has 7 heteroatoms. The van der Waals surface area contributed by atoms with Crippen molar-refractivity contribution >= 4 is 21.6 Å². The number of nitro benzene ring substituents is 1. The highest BCUT2D eigenvalue weighted by Gasteiger charge is 2.15. The molecule has 0 aliphatic heterocycles. The number of nitrogens with zero attached hydrogens (tertiary/aromatic N) is 2. The van der Waals surface area contributed by atoms with Crippen LogP contribution in [-0.4, -0.2) is 17.0 Å². The van der Waals surface area contributed by atoms with Crippen LogP contribution in [0.25, 0.3) is 0 Å². The van der Waals surface area contributed by atoms with E-state index in [9.17, 15) is 10.1 Å². The van der Waals surface area contributed by atoms with Gasteiger partial charge in [-0.1, -0.05) is 6.07 Å². The van der Waals surface area contributed by atoms with Crippen LogP contribution < -0.4 is 10.1 Å². The molecule has 0 atom stereocenters. The molecular formula is C14H14BrN3O3. The Labute approximate surface area is 130 Å². The molecule has 0 amide bonds. The molecule has 0 aliphatic rings. The Hall–Kier alpha value is -1.99. The van der Waals surface area contributed by atoms with Gasteiger partial charge in [0.15, 0.2) is 5.75 Å². The van der Waals surface area contributed by atoms with E-state index in [1.54, 1.807) is 24.5 Å².